The molecule has 0 aromatic heterocycles. The first kappa shape index (κ1) is 14.5. The Morgan fingerprint density at radius 3 is 2.58 bits per heavy atom. The van der Waals surface area contributed by atoms with E-state index < -0.39 is 24.0 Å². The number of esters is 1. The van der Waals surface area contributed by atoms with Gasteiger partial charge in [0, 0.05) is 12.7 Å². The van der Waals surface area contributed by atoms with E-state index in [1.54, 1.807) is 12.1 Å². The molecule has 0 bridgehead atoms. The molecule has 4 N–H and O–H groups in total. The van der Waals surface area contributed by atoms with Crippen molar-refractivity contribution in [3.63, 3.8) is 0 Å². The van der Waals surface area contributed by atoms with Gasteiger partial charge >= 0.3 is 12.0 Å². The Bertz CT molecular complexity index is 502. The fraction of sp³-hybridized carbons (Fsp3) is 0.250. The van der Waals surface area contributed by atoms with E-state index in [-0.39, 0.29) is 5.56 Å². The Morgan fingerprint density at radius 2 is 2.00 bits per heavy atom. The summed E-state index contributed by atoms with van der Waals surface area (Å²) in [7, 11) is 1.37. The molecule has 0 saturated carbocycles. The van der Waals surface area contributed by atoms with Crippen molar-refractivity contribution in [1.82, 2.24) is 10.6 Å². The van der Waals surface area contributed by atoms with E-state index >= 15 is 0 Å². The molecule has 1 atom stereocenters. The molecule has 0 radical (unpaired) electrons. The minimum absolute atomic E-state index is 0.236. The van der Waals surface area contributed by atoms with Crippen molar-refractivity contribution >= 4 is 23.6 Å². The summed E-state index contributed by atoms with van der Waals surface area (Å²) >= 11 is 0. The number of hydrogen-bond acceptors (Lipinski definition) is 5. The molecule has 1 unspecified atom stereocenters. The van der Waals surface area contributed by atoms with E-state index in [9.17, 15) is 14.4 Å². The van der Waals surface area contributed by atoms with Crippen molar-refractivity contribution in [2.45, 2.75) is 13.0 Å². The van der Waals surface area contributed by atoms with Gasteiger partial charge in [0.25, 0.3) is 5.91 Å². The van der Waals surface area contributed by atoms with Crippen LogP contribution in [0.5, 0.6) is 0 Å². The number of ether oxygens (including phenoxy) is 1. The number of amides is 3. The zero-order valence-electron chi connectivity index (χ0n) is 10.6. The number of carbonyl (C=O) groups excluding carboxylic acids is 3. The normalized spacial score (nSPS) is 11.3. The molecule has 1 aromatic carbocycles. The standard InChI is InChI=1S/C12H15N3O4/c1-7(10(16)15-12(18)14-2)19-11(17)8-4-3-5-9(13)6-8/h3-7H,13H2,1-2H3,(H2,14,15,16,18). The molecule has 0 aliphatic rings. The van der Waals surface area contributed by atoms with Gasteiger partial charge in [-0.25, -0.2) is 9.59 Å². The number of carbonyl (C=O) groups is 3. The van der Waals surface area contributed by atoms with Gasteiger partial charge in [0.2, 0.25) is 0 Å². The molecule has 0 heterocycles. The van der Waals surface area contributed by atoms with Gasteiger partial charge in [0.05, 0.1) is 5.56 Å². The van der Waals surface area contributed by atoms with E-state index in [2.05, 4.69) is 5.32 Å². The van der Waals surface area contributed by atoms with Gasteiger partial charge in [-0.15, -0.1) is 0 Å². The molecule has 0 spiro atoms. The van der Waals surface area contributed by atoms with Crippen LogP contribution in [0.3, 0.4) is 0 Å². The topological polar surface area (TPSA) is 111 Å². The van der Waals surface area contributed by atoms with E-state index in [0.29, 0.717) is 5.69 Å². The maximum atomic E-state index is 11.7. The minimum atomic E-state index is -1.09. The lowest BCUT2D eigenvalue weighted by molar-refractivity contribution is -0.127. The van der Waals surface area contributed by atoms with Crippen molar-refractivity contribution in [2.24, 2.45) is 0 Å². The summed E-state index contributed by atoms with van der Waals surface area (Å²) in [6.07, 6.45) is -1.09. The van der Waals surface area contributed by atoms with Gasteiger partial charge < -0.3 is 15.8 Å². The minimum Gasteiger partial charge on any atom is -0.449 e. The number of nitrogen functional groups attached to an aromatic ring is 1. The third-order valence-corrected chi connectivity index (χ3v) is 2.24. The molecule has 0 aliphatic heterocycles. The summed E-state index contributed by atoms with van der Waals surface area (Å²) < 4.78 is 4.91. The lowest BCUT2D eigenvalue weighted by Crippen LogP contribution is -2.43. The van der Waals surface area contributed by atoms with Crippen molar-refractivity contribution in [2.75, 3.05) is 12.8 Å². The first-order valence-corrected chi connectivity index (χ1v) is 5.53. The molecule has 1 rings (SSSR count). The Hall–Kier alpha value is -2.57. The second kappa shape index (κ2) is 6.39. The number of imide groups is 1. The molecule has 102 valence electrons. The zero-order chi connectivity index (χ0) is 14.4. The van der Waals surface area contributed by atoms with Crippen molar-refractivity contribution < 1.29 is 19.1 Å². The van der Waals surface area contributed by atoms with Crippen LogP contribution in [0.2, 0.25) is 0 Å². The lowest BCUT2D eigenvalue weighted by Gasteiger charge is -2.12. The Kier molecular flexibility index (Phi) is 4.87. The number of anilines is 1. The van der Waals surface area contributed by atoms with E-state index in [1.807, 2.05) is 5.32 Å². The number of nitrogens with one attached hydrogen (secondary N) is 2. The summed E-state index contributed by atoms with van der Waals surface area (Å²) in [5, 5.41) is 4.22. The number of rotatable bonds is 3. The zero-order valence-corrected chi connectivity index (χ0v) is 10.6. The highest BCUT2D eigenvalue weighted by molar-refractivity contribution is 5.98. The monoisotopic (exact) mass is 265 g/mol. The summed E-state index contributed by atoms with van der Waals surface area (Å²) in [6, 6.07) is 5.50. The number of benzene rings is 1. The van der Waals surface area contributed by atoms with Gasteiger partial charge in [-0.05, 0) is 25.1 Å². The number of nitrogens with two attached hydrogens (primary N) is 1. The molecule has 1 aromatic rings. The predicted octanol–water partition coefficient (Wildman–Crippen LogP) is 0.270. The maximum Gasteiger partial charge on any atom is 0.338 e. The van der Waals surface area contributed by atoms with Gasteiger partial charge in [-0.1, -0.05) is 6.07 Å². The van der Waals surface area contributed by atoms with Crippen LogP contribution in [0.4, 0.5) is 10.5 Å². The smallest absolute Gasteiger partial charge is 0.338 e. The average molecular weight is 265 g/mol. The third kappa shape index (κ3) is 4.30. The molecule has 0 fully saturated rings. The summed E-state index contributed by atoms with van der Waals surface area (Å²) in [5.74, 6) is -1.40. The SMILES string of the molecule is CNC(=O)NC(=O)C(C)OC(=O)c1cccc(N)c1. The summed E-state index contributed by atoms with van der Waals surface area (Å²) in [6.45, 7) is 1.36. The van der Waals surface area contributed by atoms with E-state index in [0.717, 1.165) is 0 Å². The molecular formula is C12H15N3O4. The van der Waals surface area contributed by atoms with E-state index in [4.69, 9.17) is 10.5 Å². The maximum absolute atomic E-state index is 11.7. The predicted molar refractivity (Wildman–Crippen MR) is 68.3 cm³/mol. The van der Waals surface area contributed by atoms with Crippen LogP contribution in [0.15, 0.2) is 24.3 Å². The fourth-order valence-electron chi connectivity index (χ4n) is 1.22. The number of hydrogen-bond donors (Lipinski definition) is 3. The second-order valence-corrected chi connectivity index (χ2v) is 3.74. The highest BCUT2D eigenvalue weighted by Crippen LogP contribution is 2.09. The molecule has 7 nitrogen and oxygen atoms in total. The molecule has 7 heteroatoms. The summed E-state index contributed by atoms with van der Waals surface area (Å²) in [4.78, 5) is 34.1. The largest absolute Gasteiger partial charge is 0.449 e. The molecule has 3 amide bonds. The van der Waals surface area contributed by atoms with Crippen molar-refractivity contribution in [1.29, 1.82) is 0 Å². The van der Waals surface area contributed by atoms with Crippen LogP contribution in [-0.2, 0) is 9.53 Å². The third-order valence-electron chi connectivity index (χ3n) is 2.24. The van der Waals surface area contributed by atoms with Crippen LogP contribution in [0.25, 0.3) is 0 Å². The lowest BCUT2D eigenvalue weighted by atomic mass is 10.2. The molecule has 0 aliphatic carbocycles. The highest BCUT2D eigenvalue weighted by Gasteiger charge is 2.20. The first-order valence-electron chi connectivity index (χ1n) is 5.53. The van der Waals surface area contributed by atoms with Crippen LogP contribution < -0.4 is 16.4 Å². The molecule has 0 saturated heterocycles. The van der Waals surface area contributed by atoms with E-state index in [1.165, 1.54) is 26.1 Å². The Morgan fingerprint density at radius 1 is 1.32 bits per heavy atom. The Labute approximate surface area is 110 Å². The highest BCUT2D eigenvalue weighted by atomic mass is 16.5. The second-order valence-electron chi connectivity index (χ2n) is 3.74. The van der Waals surface area contributed by atoms with Crippen molar-refractivity contribution in [3.05, 3.63) is 29.8 Å². The molecular weight excluding hydrogens is 250 g/mol. The van der Waals surface area contributed by atoms with Gasteiger partial charge in [-0.2, -0.15) is 0 Å². The first-order chi connectivity index (χ1) is 8.93. The van der Waals surface area contributed by atoms with Gasteiger partial charge in [0.1, 0.15) is 0 Å². The van der Waals surface area contributed by atoms with Crippen LogP contribution in [0, 0.1) is 0 Å². The fourth-order valence-corrected chi connectivity index (χ4v) is 1.22. The molecule has 19 heavy (non-hydrogen) atoms. The Balaban J connectivity index is 2.61. The van der Waals surface area contributed by atoms with Gasteiger partial charge in [-0.3, -0.25) is 10.1 Å². The van der Waals surface area contributed by atoms with Crippen LogP contribution in [-0.4, -0.2) is 31.1 Å². The average Bonchev–Trinajstić information content (AvgIpc) is 2.38. The quantitative estimate of drug-likeness (QED) is 0.536. The van der Waals surface area contributed by atoms with Gasteiger partial charge in [0.15, 0.2) is 6.10 Å². The summed E-state index contributed by atoms with van der Waals surface area (Å²) in [5.41, 5.74) is 6.18. The van der Waals surface area contributed by atoms with Crippen LogP contribution >= 0.6 is 0 Å². The number of urea groups is 1. The van der Waals surface area contributed by atoms with Crippen LogP contribution in [0.1, 0.15) is 17.3 Å². The van der Waals surface area contributed by atoms with Crippen molar-refractivity contribution in [3.8, 4) is 0 Å².